The molecule has 0 saturated heterocycles. The Morgan fingerprint density at radius 2 is 1.32 bits per heavy atom. The second kappa shape index (κ2) is 9.41. The normalized spacial score (nSPS) is 22.3. The lowest BCUT2D eigenvalue weighted by Crippen LogP contribution is -2.32. The number of nitrogens with zero attached hydrogens (tertiary/aromatic N) is 2. The van der Waals surface area contributed by atoms with Gasteiger partial charge in [0.05, 0.1) is 33.5 Å². The van der Waals surface area contributed by atoms with Crippen LogP contribution in [-0.4, -0.2) is 9.38 Å². The Bertz CT molecular complexity index is 3580. The first-order valence-electron chi connectivity index (χ1n) is 21.0. The summed E-state index contributed by atoms with van der Waals surface area (Å²) in [6.45, 7) is 0. The smallest absolute Gasteiger partial charge is 0.146 e. The van der Waals surface area contributed by atoms with E-state index in [0.29, 0.717) is 11.8 Å². The van der Waals surface area contributed by atoms with Gasteiger partial charge in [-0.3, -0.25) is 4.98 Å². The summed E-state index contributed by atoms with van der Waals surface area (Å²) >= 11 is 0. The van der Waals surface area contributed by atoms with E-state index < -0.39 is 5.41 Å². The molecule has 4 bridgehead atoms. The molecule has 4 heteroatoms. The molecule has 2 atom stereocenters. The summed E-state index contributed by atoms with van der Waals surface area (Å²) in [5.74, 6) is 4.60. The molecule has 1 aliphatic heterocycles. The molecule has 2 fully saturated rings. The van der Waals surface area contributed by atoms with Gasteiger partial charge in [0.15, 0.2) is 0 Å². The number of benzene rings is 7. The molecule has 17 rings (SSSR count). The molecule has 2 saturated carbocycles. The number of ether oxygens (including phenoxy) is 1. The first-order chi connectivity index (χ1) is 28.2. The number of pyridine rings is 1. The fraction of sp³-hybridized carbons (Fsp3) is 0.189. The number of fused-ring (bicyclic) bond motifs is 17. The van der Waals surface area contributed by atoms with E-state index in [1.807, 2.05) is 0 Å². The Hall–Kier alpha value is -6.39. The maximum absolute atomic E-state index is 7.14. The molecule has 268 valence electrons. The van der Waals surface area contributed by atoms with E-state index in [-0.39, 0.29) is 0 Å². The van der Waals surface area contributed by atoms with Gasteiger partial charge in [0.25, 0.3) is 0 Å². The Kier molecular flexibility index (Phi) is 4.78. The van der Waals surface area contributed by atoms with Gasteiger partial charge < -0.3 is 13.6 Å². The summed E-state index contributed by atoms with van der Waals surface area (Å²) in [7, 11) is 0. The van der Waals surface area contributed by atoms with Crippen LogP contribution >= 0.6 is 0 Å². The second-order valence-electron chi connectivity index (χ2n) is 18.1. The van der Waals surface area contributed by atoms with Crippen molar-refractivity contribution in [1.29, 1.82) is 0 Å². The number of para-hydroxylation sites is 2. The van der Waals surface area contributed by atoms with Crippen LogP contribution in [0.25, 0.3) is 81.9 Å². The highest BCUT2D eigenvalue weighted by atomic mass is 16.5. The summed E-state index contributed by atoms with van der Waals surface area (Å²) < 4.78 is 16.4. The second-order valence-corrected chi connectivity index (χ2v) is 18.1. The highest BCUT2D eigenvalue weighted by Gasteiger charge is 2.52. The average molecular weight is 731 g/mol. The van der Waals surface area contributed by atoms with Crippen molar-refractivity contribution in [3.05, 3.63) is 155 Å². The van der Waals surface area contributed by atoms with Crippen LogP contribution < -0.4 is 4.74 Å². The van der Waals surface area contributed by atoms with E-state index in [4.69, 9.17) is 14.1 Å². The predicted octanol–water partition coefficient (Wildman–Crippen LogP) is 13.6. The molecule has 7 aromatic carbocycles. The van der Waals surface area contributed by atoms with Crippen molar-refractivity contribution in [1.82, 2.24) is 9.38 Å². The van der Waals surface area contributed by atoms with Gasteiger partial charge in [-0.2, -0.15) is 0 Å². The zero-order chi connectivity index (χ0) is 36.5. The number of aromatic nitrogens is 2. The van der Waals surface area contributed by atoms with Gasteiger partial charge in [0, 0.05) is 49.7 Å². The largest absolute Gasteiger partial charge is 0.457 e. The van der Waals surface area contributed by atoms with Crippen molar-refractivity contribution in [2.24, 2.45) is 11.8 Å². The Balaban J connectivity index is 1.14. The summed E-state index contributed by atoms with van der Waals surface area (Å²) in [5, 5.41) is 10.3. The van der Waals surface area contributed by atoms with Crippen LogP contribution in [0.15, 0.2) is 126 Å². The average Bonchev–Trinajstić information content (AvgIpc) is 3.94. The quantitative estimate of drug-likeness (QED) is 0.146. The van der Waals surface area contributed by atoms with Gasteiger partial charge in [-0.15, -0.1) is 0 Å². The van der Waals surface area contributed by atoms with Gasteiger partial charge in [0.2, 0.25) is 0 Å². The SMILES string of the molecule is c1ccc2c(c1)Oc1ccccc1C21c2ccccc2-c2cc3c(cc21)c1c2ccc4cccc5oc(c2c45)c2c4c5c(ncc4n3c12)C1CC2CC(C1)CC5C2. The third kappa shape index (κ3) is 3.10. The molecule has 5 heterocycles. The van der Waals surface area contributed by atoms with Gasteiger partial charge in [-0.1, -0.05) is 84.9 Å². The van der Waals surface area contributed by atoms with Crippen molar-refractivity contribution in [2.75, 3.05) is 0 Å². The summed E-state index contributed by atoms with van der Waals surface area (Å²) in [4.78, 5) is 5.53. The van der Waals surface area contributed by atoms with Crippen molar-refractivity contribution < 1.29 is 9.15 Å². The zero-order valence-corrected chi connectivity index (χ0v) is 31.1. The van der Waals surface area contributed by atoms with Crippen LogP contribution in [0.5, 0.6) is 11.5 Å². The van der Waals surface area contributed by atoms with E-state index in [1.165, 1.54) is 131 Å². The van der Waals surface area contributed by atoms with Crippen LogP contribution in [0, 0.1) is 11.8 Å². The number of hydrogen-bond acceptors (Lipinski definition) is 3. The molecular formula is C53H34N2O2. The number of furan rings is 1. The maximum Gasteiger partial charge on any atom is 0.146 e. The van der Waals surface area contributed by atoms with Gasteiger partial charge in [0.1, 0.15) is 22.7 Å². The van der Waals surface area contributed by atoms with Gasteiger partial charge in [-0.25, -0.2) is 0 Å². The fourth-order valence-electron chi connectivity index (χ4n) is 14.0. The summed E-state index contributed by atoms with van der Waals surface area (Å²) in [6, 6.07) is 42.9. The highest BCUT2D eigenvalue weighted by molar-refractivity contribution is 6.42. The van der Waals surface area contributed by atoms with Crippen molar-refractivity contribution >= 4 is 70.8 Å². The van der Waals surface area contributed by atoms with E-state index in [0.717, 1.165) is 34.5 Å². The van der Waals surface area contributed by atoms with Crippen molar-refractivity contribution in [3.63, 3.8) is 0 Å². The van der Waals surface area contributed by atoms with Gasteiger partial charge in [-0.05, 0) is 119 Å². The Morgan fingerprint density at radius 3 is 2.14 bits per heavy atom. The molecule has 6 aliphatic rings. The maximum atomic E-state index is 7.14. The van der Waals surface area contributed by atoms with Gasteiger partial charge >= 0.3 is 0 Å². The zero-order valence-electron chi connectivity index (χ0n) is 31.1. The molecule has 2 unspecified atom stereocenters. The highest BCUT2D eigenvalue weighted by Crippen LogP contribution is 2.64. The number of rotatable bonds is 0. The topological polar surface area (TPSA) is 39.7 Å². The van der Waals surface area contributed by atoms with Crippen molar-refractivity contribution in [2.45, 2.75) is 49.4 Å². The van der Waals surface area contributed by atoms with Crippen LogP contribution in [0.4, 0.5) is 0 Å². The molecular weight excluding hydrogens is 697 g/mol. The molecule has 57 heavy (non-hydrogen) atoms. The van der Waals surface area contributed by atoms with Crippen LogP contribution in [0.1, 0.15) is 77.5 Å². The van der Waals surface area contributed by atoms with E-state index in [9.17, 15) is 0 Å². The molecule has 5 aliphatic carbocycles. The monoisotopic (exact) mass is 730 g/mol. The molecule has 0 radical (unpaired) electrons. The minimum atomic E-state index is -0.533. The number of hydrogen-bond donors (Lipinski definition) is 0. The standard InChI is InChI=1S/C53H34N2O2/c1-2-10-35-31(9-1)33-24-39-34(23-38(33)53(35)36-11-3-5-13-41(36)56-42-14-6-4-12-37(42)53)46-32-17-16-28-8-7-15-43-44(28)47(32)52(57-43)49-48-40(55(39)51(46)49)25-54-50-30-21-26-18-27(22-30)20-29(19-26)45(48)50/h1-17,23-27,29-30H,18-22H2. The Morgan fingerprint density at radius 1 is 0.561 bits per heavy atom. The predicted molar refractivity (Wildman–Crippen MR) is 228 cm³/mol. The molecule has 4 nitrogen and oxygen atoms in total. The molecule has 11 aromatic rings. The lowest BCUT2D eigenvalue weighted by atomic mass is 9.66. The minimum absolute atomic E-state index is 0.533. The first-order valence-corrected chi connectivity index (χ1v) is 21.0. The lowest BCUT2D eigenvalue weighted by Gasteiger charge is -2.39. The fourth-order valence-corrected chi connectivity index (χ4v) is 14.0. The van der Waals surface area contributed by atoms with Crippen molar-refractivity contribution in [3.8, 4) is 22.6 Å². The molecule has 4 aromatic heterocycles. The van der Waals surface area contributed by atoms with Crippen LogP contribution in [0.3, 0.4) is 0 Å². The first kappa shape index (κ1) is 28.9. The summed E-state index contributed by atoms with van der Waals surface area (Å²) in [5.41, 5.74) is 15.8. The van der Waals surface area contributed by atoms with Crippen LogP contribution in [-0.2, 0) is 5.41 Å². The minimum Gasteiger partial charge on any atom is -0.457 e. The third-order valence-corrected chi connectivity index (χ3v) is 15.7. The molecule has 0 amide bonds. The Labute approximate surface area is 327 Å². The van der Waals surface area contributed by atoms with Crippen LogP contribution in [0.2, 0.25) is 0 Å². The van der Waals surface area contributed by atoms with E-state index in [2.05, 4.69) is 126 Å². The molecule has 1 spiro atoms. The lowest BCUT2D eigenvalue weighted by molar-refractivity contribution is 0.165. The summed E-state index contributed by atoms with van der Waals surface area (Å²) in [6.07, 6.45) is 8.85. The molecule has 0 N–H and O–H groups in total. The third-order valence-electron chi connectivity index (χ3n) is 15.7. The van der Waals surface area contributed by atoms with E-state index in [1.54, 1.807) is 5.56 Å². The van der Waals surface area contributed by atoms with E-state index >= 15 is 0 Å².